The molecule has 0 fully saturated rings. The molecule has 0 spiro atoms. The molecule has 0 aromatic carbocycles. The molecule has 0 saturated carbocycles. The van der Waals surface area contributed by atoms with Gasteiger partial charge < -0.3 is 4.52 Å². The Bertz CT molecular complexity index is 117. The summed E-state index contributed by atoms with van der Waals surface area (Å²) >= 11 is 5.48. The van der Waals surface area contributed by atoms with Crippen LogP contribution in [0.5, 0.6) is 0 Å². The van der Waals surface area contributed by atoms with Crippen LogP contribution in [0, 0.1) is 0 Å². The van der Waals surface area contributed by atoms with E-state index in [1.807, 2.05) is 13.8 Å². The lowest BCUT2D eigenvalue weighted by molar-refractivity contribution is 0.336. The molecule has 0 saturated heterocycles. The van der Waals surface area contributed by atoms with Crippen molar-refractivity contribution in [1.29, 1.82) is 0 Å². The first-order valence-electron chi connectivity index (χ1n) is 3.47. The lowest BCUT2D eigenvalue weighted by atomic mass is 10.6. The van der Waals surface area contributed by atoms with Gasteiger partial charge in [-0.2, -0.15) is 0 Å². The second-order valence-electron chi connectivity index (χ2n) is 2.08. The lowest BCUT2D eigenvalue weighted by Crippen LogP contribution is -1.95. The fourth-order valence-electron chi connectivity index (χ4n) is 0.735. The van der Waals surface area contributed by atoms with Gasteiger partial charge in [0.25, 0.3) is 0 Å². The van der Waals surface area contributed by atoms with Crippen LogP contribution in [0.15, 0.2) is 0 Å². The van der Waals surface area contributed by atoms with Crippen LogP contribution in [0.3, 0.4) is 0 Å². The van der Waals surface area contributed by atoms with Crippen molar-refractivity contribution >= 4 is 19.0 Å². The molecule has 2 nitrogen and oxygen atoms in total. The minimum absolute atomic E-state index is 0.147. The highest BCUT2D eigenvalue weighted by Gasteiger charge is 2.18. The molecule has 4 heteroatoms. The van der Waals surface area contributed by atoms with Crippen molar-refractivity contribution in [3.63, 3.8) is 0 Å². The summed E-state index contributed by atoms with van der Waals surface area (Å²) in [4.78, 5) is 0. The number of hydrogen-bond acceptors (Lipinski definition) is 2. The molecule has 0 N–H and O–H groups in total. The Morgan fingerprint density at radius 3 is 2.40 bits per heavy atom. The average Bonchev–Trinajstić information content (AvgIpc) is 1.89. The molecule has 0 aromatic heterocycles. The highest BCUT2D eigenvalue weighted by Crippen LogP contribution is 2.47. The first kappa shape index (κ1) is 10.5. The average molecular weight is 185 g/mol. The van der Waals surface area contributed by atoms with Crippen molar-refractivity contribution < 1.29 is 9.09 Å². The molecule has 0 radical (unpaired) electrons. The van der Waals surface area contributed by atoms with E-state index in [0.717, 1.165) is 6.42 Å². The van der Waals surface area contributed by atoms with E-state index < -0.39 is 7.37 Å². The van der Waals surface area contributed by atoms with Gasteiger partial charge in [-0.1, -0.05) is 6.92 Å². The van der Waals surface area contributed by atoms with Gasteiger partial charge in [-0.25, -0.2) is 0 Å². The van der Waals surface area contributed by atoms with E-state index >= 15 is 0 Å². The monoisotopic (exact) mass is 184 g/mol. The summed E-state index contributed by atoms with van der Waals surface area (Å²) in [6.07, 6.45) is 1.47. The van der Waals surface area contributed by atoms with E-state index in [-0.39, 0.29) is 5.62 Å². The topological polar surface area (TPSA) is 26.3 Å². The van der Waals surface area contributed by atoms with Crippen molar-refractivity contribution in [1.82, 2.24) is 0 Å². The Labute approximate surface area is 67.4 Å². The van der Waals surface area contributed by atoms with Crippen LogP contribution in [-0.2, 0) is 9.09 Å². The van der Waals surface area contributed by atoms with Crippen LogP contribution in [-0.4, -0.2) is 18.4 Å². The van der Waals surface area contributed by atoms with E-state index in [1.165, 1.54) is 0 Å². The van der Waals surface area contributed by atoms with Crippen LogP contribution in [0.1, 0.15) is 20.3 Å². The Kier molecular flexibility index (Phi) is 5.42. The fraction of sp³-hybridized carbons (Fsp3) is 1.00. The zero-order chi connectivity index (χ0) is 8.04. The number of hydrogen-bond donors (Lipinski definition) is 0. The van der Waals surface area contributed by atoms with Gasteiger partial charge in [-0.05, 0) is 13.3 Å². The molecule has 10 heavy (non-hydrogen) atoms. The first-order valence-corrected chi connectivity index (χ1v) is 6.00. The van der Waals surface area contributed by atoms with Gasteiger partial charge >= 0.3 is 0 Å². The lowest BCUT2D eigenvalue weighted by Gasteiger charge is -2.12. The molecule has 1 atom stereocenters. The standard InChI is InChI=1S/C6H14ClO2P/c1-3-5-10(8,6-7)9-4-2/h3-6H2,1-2H3/t10-/m1/s1. The molecule has 0 aromatic rings. The maximum Gasteiger partial charge on any atom is 0.217 e. The smallest absolute Gasteiger partial charge is 0.217 e. The molecular weight excluding hydrogens is 170 g/mol. The summed E-state index contributed by atoms with van der Waals surface area (Å²) in [6, 6.07) is 0. The molecular formula is C6H14ClO2P. The SMILES string of the molecule is CCC[P@](=O)(CCl)OCC. The summed E-state index contributed by atoms with van der Waals surface area (Å²) < 4.78 is 16.5. The second kappa shape index (κ2) is 5.17. The minimum atomic E-state index is -2.43. The van der Waals surface area contributed by atoms with Crippen LogP contribution >= 0.6 is 19.0 Å². The molecule has 0 aliphatic carbocycles. The molecule has 0 amide bonds. The zero-order valence-corrected chi connectivity index (χ0v) is 8.12. The van der Waals surface area contributed by atoms with Gasteiger partial charge in [0, 0.05) is 6.16 Å². The highest BCUT2D eigenvalue weighted by atomic mass is 35.5. The second-order valence-corrected chi connectivity index (χ2v) is 5.37. The van der Waals surface area contributed by atoms with E-state index in [0.29, 0.717) is 12.8 Å². The van der Waals surface area contributed by atoms with E-state index in [9.17, 15) is 4.57 Å². The maximum absolute atomic E-state index is 11.4. The van der Waals surface area contributed by atoms with Gasteiger partial charge in [0.15, 0.2) is 0 Å². The molecule has 0 aliphatic rings. The summed E-state index contributed by atoms with van der Waals surface area (Å²) in [7, 11) is -2.43. The third-order valence-electron chi connectivity index (χ3n) is 1.11. The number of rotatable bonds is 5. The van der Waals surface area contributed by atoms with E-state index in [2.05, 4.69) is 0 Å². The predicted octanol–water partition coefficient (Wildman–Crippen LogP) is 2.91. The van der Waals surface area contributed by atoms with Crippen LogP contribution in [0.4, 0.5) is 0 Å². The quantitative estimate of drug-likeness (QED) is 0.485. The molecule has 0 rings (SSSR count). The van der Waals surface area contributed by atoms with Gasteiger partial charge in [-0.3, -0.25) is 4.57 Å². The summed E-state index contributed by atoms with van der Waals surface area (Å²) in [6.45, 7) is 4.29. The summed E-state index contributed by atoms with van der Waals surface area (Å²) in [5, 5.41) is 0. The van der Waals surface area contributed by atoms with Gasteiger partial charge in [0.2, 0.25) is 7.37 Å². The van der Waals surface area contributed by atoms with Gasteiger partial charge in [0.05, 0.1) is 12.2 Å². The Balaban J connectivity index is 3.83. The summed E-state index contributed by atoms with van der Waals surface area (Å²) in [5.74, 6) is 0. The molecule has 62 valence electrons. The molecule has 0 unspecified atom stereocenters. The van der Waals surface area contributed by atoms with Gasteiger partial charge in [0.1, 0.15) is 0 Å². The van der Waals surface area contributed by atoms with E-state index in [4.69, 9.17) is 16.1 Å². The normalized spacial score (nSPS) is 16.7. The summed E-state index contributed by atoms with van der Waals surface area (Å²) in [5.41, 5.74) is 0.147. The Morgan fingerprint density at radius 1 is 1.50 bits per heavy atom. The number of halogens is 1. The molecule has 0 bridgehead atoms. The fourth-order valence-corrected chi connectivity index (χ4v) is 2.77. The van der Waals surface area contributed by atoms with Crippen molar-refractivity contribution in [3.05, 3.63) is 0 Å². The van der Waals surface area contributed by atoms with Crippen molar-refractivity contribution in [2.45, 2.75) is 20.3 Å². The van der Waals surface area contributed by atoms with Crippen molar-refractivity contribution in [3.8, 4) is 0 Å². The van der Waals surface area contributed by atoms with Crippen LogP contribution in [0.2, 0.25) is 0 Å². The zero-order valence-electron chi connectivity index (χ0n) is 6.47. The minimum Gasteiger partial charge on any atom is -0.328 e. The van der Waals surface area contributed by atoms with E-state index in [1.54, 1.807) is 0 Å². The van der Waals surface area contributed by atoms with Gasteiger partial charge in [-0.15, -0.1) is 11.6 Å². The van der Waals surface area contributed by atoms with Crippen LogP contribution in [0.25, 0.3) is 0 Å². The van der Waals surface area contributed by atoms with Crippen molar-refractivity contribution in [2.24, 2.45) is 0 Å². The van der Waals surface area contributed by atoms with Crippen molar-refractivity contribution in [2.75, 3.05) is 18.4 Å². The highest BCUT2D eigenvalue weighted by molar-refractivity contribution is 7.60. The third-order valence-corrected chi connectivity index (χ3v) is 4.42. The van der Waals surface area contributed by atoms with Crippen LogP contribution < -0.4 is 0 Å². The maximum atomic E-state index is 11.4. The predicted molar refractivity (Wildman–Crippen MR) is 45.1 cm³/mol. The molecule has 0 aliphatic heterocycles. The molecule has 0 heterocycles. The first-order chi connectivity index (χ1) is 4.68. The largest absolute Gasteiger partial charge is 0.328 e. The Hall–Kier alpha value is 0.480. The third kappa shape index (κ3) is 3.60. The number of alkyl halides is 1. The Morgan fingerprint density at radius 2 is 2.10 bits per heavy atom.